The molecule has 0 bridgehead atoms. The molecule has 0 aromatic heterocycles. The lowest BCUT2D eigenvalue weighted by molar-refractivity contribution is -0.163. The van der Waals surface area contributed by atoms with E-state index in [-0.39, 0.29) is 17.7 Å². The molecule has 0 unspecified atom stereocenters. The fourth-order valence-electron chi connectivity index (χ4n) is 3.82. The zero-order valence-corrected chi connectivity index (χ0v) is 11.7. The van der Waals surface area contributed by atoms with Gasteiger partial charge in [0.25, 0.3) is 0 Å². The summed E-state index contributed by atoms with van der Waals surface area (Å²) in [5.41, 5.74) is 0.236. The number of Topliss-reactive ketones (excluding diaryl/α,β-unsaturated/α-hetero) is 1. The van der Waals surface area contributed by atoms with E-state index >= 15 is 0 Å². The van der Waals surface area contributed by atoms with Gasteiger partial charge in [0.2, 0.25) is 0 Å². The first-order valence-corrected chi connectivity index (χ1v) is 6.64. The Balaban J connectivity index is 2.52. The predicted molar refractivity (Wildman–Crippen MR) is 69.0 cm³/mol. The standard InChI is InChI=1S/C15H22O3/c1-10-5-6-11-14(2,3)12(16)7-8-15(11,9-10)13(17)18-4/h9,11H,5-8H2,1-4H3/t11-,15+/m0/s1. The molecule has 2 aliphatic carbocycles. The van der Waals surface area contributed by atoms with Crippen LogP contribution in [0.1, 0.15) is 46.5 Å². The van der Waals surface area contributed by atoms with E-state index in [0.29, 0.717) is 12.8 Å². The highest BCUT2D eigenvalue weighted by Crippen LogP contribution is 2.55. The molecule has 0 amide bonds. The normalized spacial score (nSPS) is 34.6. The summed E-state index contributed by atoms with van der Waals surface area (Å²) in [5.74, 6) is 0.175. The van der Waals surface area contributed by atoms with Crippen LogP contribution in [0.5, 0.6) is 0 Å². The van der Waals surface area contributed by atoms with Gasteiger partial charge in [0.05, 0.1) is 12.5 Å². The Labute approximate surface area is 109 Å². The second-order valence-corrected chi connectivity index (χ2v) is 6.26. The van der Waals surface area contributed by atoms with Crippen molar-refractivity contribution in [3.63, 3.8) is 0 Å². The van der Waals surface area contributed by atoms with E-state index in [4.69, 9.17) is 4.74 Å². The van der Waals surface area contributed by atoms with Crippen molar-refractivity contribution < 1.29 is 14.3 Å². The number of esters is 1. The lowest BCUT2D eigenvalue weighted by Gasteiger charge is -2.50. The smallest absolute Gasteiger partial charge is 0.315 e. The average molecular weight is 250 g/mol. The Kier molecular flexibility index (Phi) is 3.12. The maximum absolute atomic E-state index is 12.3. The van der Waals surface area contributed by atoms with Gasteiger partial charge in [-0.1, -0.05) is 25.5 Å². The summed E-state index contributed by atoms with van der Waals surface area (Å²) in [4.78, 5) is 24.4. The monoisotopic (exact) mass is 250 g/mol. The van der Waals surface area contributed by atoms with Crippen LogP contribution in [0.4, 0.5) is 0 Å². The molecule has 0 N–H and O–H groups in total. The molecule has 0 aromatic carbocycles. The Hall–Kier alpha value is -1.12. The van der Waals surface area contributed by atoms with Crippen molar-refractivity contribution >= 4 is 11.8 Å². The van der Waals surface area contributed by atoms with Gasteiger partial charge in [-0.3, -0.25) is 9.59 Å². The molecule has 100 valence electrons. The molecular formula is C15H22O3. The number of rotatable bonds is 1. The molecule has 3 heteroatoms. The first-order valence-electron chi connectivity index (χ1n) is 6.64. The third-order valence-electron chi connectivity index (χ3n) is 4.87. The number of fused-ring (bicyclic) bond motifs is 1. The molecule has 0 aromatic rings. The second kappa shape index (κ2) is 4.22. The topological polar surface area (TPSA) is 43.4 Å². The SMILES string of the molecule is COC(=O)[C@]12C=C(C)CC[C@H]1C(C)(C)C(=O)CC2. The minimum atomic E-state index is -0.575. The zero-order valence-electron chi connectivity index (χ0n) is 11.7. The van der Waals surface area contributed by atoms with Gasteiger partial charge in [-0.25, -0.2) is 0 Å². The predicted octanol–water partition coefficient (Wildman–Crippen LogP) is 2.89. The number of hydrogen-bond acceptors (Lipinski definition) is 3. The van der Waals surface area contributed by atoms with E-state index in [1.807, 2.05) is 13.8 Å². The zero-order chi connectivity index (χ0) is 13.6. The highest BCUT2D eigenvalue weighted by molar-refractivity contribution is 5.90. The molecule has 0 heterocycles. The first-order chi connectivity index (χ1) is 8.34. The van der Waals surface area contributed by atoms with Gasteiger partial charge < -0.3 is 4.74 Å². The van der Waals surface area contributed by atoms with Gasteiger partial charge in [-0.15, -0.1) is 0 Å². The Morgan fingerprint density at radius 2 is 2.06 bits per heavy atom. The summed E-state index contributed by atoms with van der Waals surface area (Å²) in [7, 11) is 1.44. The Morgan fingerprint density at radius 3 is 2.67 bits per heavy atom. The lowest BCUT2D eigenvalue weighted by Crippen LogP contribution is -2.53. The largest absolute Gasteiger partial charge is 0.468 e. The number of carbonyl (C=O) groups is 2. The van der Waals surface area contributed by atoms with Crippen LogP contribution in [-0.4, -0.2) is 18.9 Å². The fraction of sp³-hybridized carbons (Fsp3) is 0.733. The molecule has 0 spiro atoms. The summed E-state index contributed by atoms with van der Waals surface area (Å²) in [5, 5.41) is 0. The van der Waals surface area contributed by atoms with Crippen molar-refractivity contribution in [1.29, 1.82) is 0 Å². The molecule has 2 rings (SSSR count). The van der Waals surface area contributed by atoms with E-state index in [0.717, 1.165) is 12.8 Å². The molecular weight excluding hydrogens is 228 g/mol. The number of carbonyl (C=O) groups excluding carboxylic acids is 2. The van der Waals surface area contributed by atoms with E-state index in [1.165, 1.54) is 12.7 Å². The van der Waals surface area contributed by atoms with Crippen LogP contribution in [0.25, 0.3) is 0 Å². The molecule has 0 saturated heterocycles. The van der Waals surface area contributed by atoms with Crippen LogP contribution < -0.4 is 0 Å². The summed E-state index contributed by atoms with van der Waals surface area (Å²) in [6, 6.07) is 0. The van der Waals surface area contributed by atoms with Crippen molar-refractivity contribution in [2.24, 2.45) is 16.7 Å². The molecule has 0 radical (unpaired) electrons. The van der Waals surface area contributed by atoms with Gasteiger partial charge in [0.15, 0.2) is 0 Å². The molecule has 3 nitrogen and oxygen atoms in total. The molecule has 1 saturated carbocycles. The van der Waals surface area contributed by atoms with E-state index in [1.54, 1.807) is 0 Å². The third kappa shape index (κ3) is 1.72. The third-order valence-corrected chi connectivity index (χ3v) is 4.87. The van der Waals surface area contributed by atoms with Crippen LogP contribution in [0.2, 0.25) is 0 Å². The number of hydrogen-bond donors (Lipinski definition) is 0. The number of ether oxygens (including phenoxy) is 1. The van der Waals surface area contributed by atoms with Crippen molar-refractivity contribution in [2.45, 2.75) is 46.5 Å². The Morgan fingerprint density at radius 1 is 1.39 bits per heavy atom. The van der Waals surface area contributed by atoms with Gasteiger partial charge in [-0.2, -0.15) is 0 Å². The van der Waals surface area contributed by atoms with E-state index in [9.17, 15) is 9.59 Å². The fourth-order valence-corrected chi connectivity index (χ4v) is 3.82. The van der Waals surface area contributed by atoms with Gasteiger partial charge >= 0.3 is 5.97 Å². The quantitative estimate of drug-likeness (QED) is 0.531. The van der Waals surface area contributed by atoms with Crippen LogP contribution in [0.15, 0.2) is 11.6 Å². The highest BCUT2D eigenvalue weighted by atomic mass is 16.5. The highest BCUT2D eigenvalue weighted by Gasteiger charge is 2.57. The molecule has 0 aliphatic heterocycles. The molecule has 2 aliphatic rings. The average Bonchev–Trinajstić information content (AvgIpc) is 2.33. The summed E-state index contributed by atoms with van der Waals surface area (Å²) in [6.07, 6.45) is 5.02. The van der Waals surface area contributed by atoms with E-state index in [2.05, 4.69) is 13.0 Å². The lowest BCUT2D eigenvalue weighted by atomic mass is 9.52. The summed E-state index contributed by atoms with van der Waals surface area (Å²) < 4.78 is 5.03. The summed E-state index contributed by atoms with van der Waals surface area (Å²) >= 11 is 0. The van der Waals surface area contributed by atoms with Crippen LogP contribution in [-0.2, 0) is 14.3 Å². The molecule has 1 fully saturated rings. The second-order valence-electron chi connectivity index (χ2n) is 6.26. The van der Waals surface area contributed by atoms with Crippen molar-refractivity contribution in [2.75, 3.05) is 7.11 Å². The summed E-state index contributed by atoms with van der Waals surface area (Å²) in [6.45, 7) is 6.01. The molecule has 18 heavy (non-hydrogen) atoms. The van der Waals surface area contributed by atoms with Gasteiger partial charge in [0, 0.05) is 11.8 Å². The Bertz CT molecular complexity index is 419. The van der Waals surface area contributed by atoms with Crippen molar-refractivity contribution in [3.05, 3.63) is 11.6 Å². The van der Waals surface area contributed by atoms with Gasteiger partial charge in [0.1, 0.15) is 5.78 Å². The van der Waals surface area contributed by atoms with Crippen LogP contribution in [0.3, 0.4) is 0 Å². The maximum Gasteiger partial charge on any atom is 0.315 e. The number of allylic oxidation sites excluding steroid dienone is 1. The van der Waals surface area contributed by atoms with Crippen molar-refractivity contribution in [1.82, 2.24) is 0 Å². The first kappa shape index (κ1) is 13.3. The van der Waals surface area contributed by atoms with Crippen molar-refractivity contribution in [3.8, 4) is 0 Å². The molecule has 2 atom stereocenters. The number of methoxy groups -OCH3 is 1. The van der Waals surface area contributed by atoms with E-state index < -0.39 is 10.8 Å². The van der Waals surface area contributed by atoms with Gasteiger partial charge in [-0.05, 0) is 32.1 Å². The van der Waals surface area contributed by atoms with Crippen LogP contribution in [0, 0.1) is 16.7 Å². The number of ketones is 1. The maximum atomic E-state index is 12.3. The van der Waals surface area contributed by atoms with Crippen LogP contribution >= 0.6 is 0 Å². The minimum absolute atomic E-state index is 0.0717. The minimum Gasteiger partial charge on any atom is -0.468 e.